The molecule has 1 aromatic heterocycles. The van der Waals surface area contributed by atoms with E-state index < -0.39 is 12.1 Å². The second-order valence-corrected chi connectivity index (χ2v) is 5.38. The number of hydrogen-bond acceptors (Lipinski definition) is 3. The number of ether oxygens (including phenoxy) is 1. The van der Waals surface area contributed by atoms with Gasteiger partial charge in [-0.05, 0) is 35.0 Å². The minimum Gasteiger partial charge on any atom is -0.479 e. The van der Waals surface area contributed by atoms with Crippen LogP contribution in [0, 0.1) is 0 Å². The van der Waals surface area contributed by atoms with Crippen molar-refractivity contribution >= 4 is 48.7 Å². The molecule has 0 fully saturated rings. The summed E-state index contributed by atoms with van der Waals surface area (Å²) in [7, 11) is 0. The highest BCUT2D eigenvalue weighted by molar-refractivity contribution is 9.11. The molecule has 1 heterocycles. The van der Waals surface area contributed by atoms with E-state index in [1.165, 1.54) is 6.92 Å². The highest BCUT2D eigenvalue weighted by Crippen LogP contribution is 2.37. The van der Waals surface area contributed by atoms with Crippen LogP contribution in [-0.2, 0) is 4.79 Å². The van der Waals surface area contributed by atoms with Gasteiger partial charge in [-0.3, -0.25) is 4.98 Å². The average molecular weight is 375 g/mol. The first kappa shape index (κ1) is 13.3. The molecule has 4 nitrogen and oxygen atoms in total. The van der Waals surface area contributed by atoms with Gasteiger partial charge >= 0.3 is 5.97 Å². The van der Waals surface area contributed by atoms with Gasteiger partial charge in [0.1, 0.15) is 5.52 Å². The molecule has 0 aliphatic heterocycles. The van der Waals surface area contributed by atoms with Crippen LogP contribution in [0.4, 0.5) is 0 Å². The third-order valence-electron chi connectivity index (χ3n) is 2.39. The Hall–Kier alpha value is -1.14. The van der Waals surface area contributed by atoms with Gasteiger partial charge in [0.15, 0.2) is 11.9 Å². The van der Waals surface area contributed by atoms with Gasteiger partial charge in [0.25, 0.3) is 0 Å². The Kier molecular flexibility index (Phi) is 3.87. The largest absolute Gasteiger partial charge is 0.479 e. The summed E-state index contributed by atoms with van der Waals surface area (Å²) in [6.07, 6.45) is 0.701. The molecule has 0 aliphatic rings. The van der Waals surface area contributed by atoms with Crippen LogP contribution in [0.15, 0.2) is 33.3 Å². The standard InChI is InChI=1S/C12H9Br2NO3/c1-6(12(16)17)18-11-9(14)5-8(13)7-3-2-4-15-10(7)11/h2-6H,1H3,(H,16,17). The number of hydrogen-bond donors (Lipinski definition) is 1. The zero-order valence-electron chi connectivity index (χ0n) is 9.35. The summed E-state index contributed by atoms with van der Waals surface area (Å²) in [5.74, 6) is -0.586. The molecule has 1 atom stereocenters. The lowest BCUT2D eigenvalue weighted by atomic mass is 10.2. The zero-order chi connectivity index (χ0) is 13.3. The Balaban J connectivity index is 2.59. The molecule has 0 amide bonds. The number of pyridine rings is 1. The molecule has 2 rings (SSSR count). The highest BCUT2D eigenvalue weighted by atomic mass is 79.9. The van der Waals surface area contributed by atoms with Gasteiger partial charge in [0, 0.05) is 16.1 Å². The third-order valence-corrected chi connectivity index (χ3v) is 3.64. The van der Waals surface area contributed by atoms with Gasteiger partial charge in [-0.2, -0.15) is 0 Å². The van der Waals surface area contributed by atoms with Gasteiger partial charge in [-0.25, -0.2) is 4.79 Å². The molecule has 0 saturated heterocycles. The second kappa shape index (κ2) is 5.24. The van der Waals surface area contributed by atoms with E-state index in [0.717, 1.165) is 9.86 Å². The van der Waals surface area contributed by atoms with Crippen molar-refractivity contribution in [2.75, 3.05) is 0 Å². The Bertz CT molecular complexity index is 616. The number of carboxylic acid groups (broad SMARTS) is 1. The van der Waals surface area contributed by atoms with Crippen molar-refractivity contribution in [1.29, 1.82) is 0 Å². The molecule has 94 valence electrons. The quantitative estimate of drug-likeness (QED) is 0.891. The molecule has 0 bridgehead atoms. The summed E-state index contributed by atoms with van der Waals surface area (Å²) in [4.78, 5) is 15.1. The van der Waals surface area contributed by atoms with Crippen LogP contribution in [-0.4, -0.2) is 22.2 Å². The van der Waals surface area contributed by atoms with E-state index in [1.54, 1.807) is 6.20 Å². The maximum absolute atomic E-state index is 10.8. The molecular formula is C12H9Br2NO3. The molecule has 0 saturated carbocycles. The van der Waals surface area contributed by atoms with Crippen molar-refractivity contribution < 1.29 is 14.6 Å². The molecule has 6 heteroatoms. The van der Waals surface area contributed by atoms with Crippen molar-refractivity contribution in [2.45, 2.75) is 13.0 Å². The Morgan fingerprint density at radius 3 is 2.83 bits per heavy atom. The van der Waals surface area contributed by atoms with Crippen LogP contribution < -0.4 is 4.74 Å². The number of carboxylic acids is 1. The lowest BCUT2D eigenvalue weighted by Gasteiger charge is -2.14. The number of aromatic nitrogens is 1. The molecule has 0 aliphatic carbocycles. The molecular weight excluding hydrogens is 366 g/mol. The lowest BCUT2D eigenvalue weighted by Crippen LogP contribution is -2.23. The third kappa shape index (κ3) is 2.49. The fourth-order valence-electron chi connectivity index (χ4n) is 1.49. The number of halogens is 2. The summed E-state index contributed by atoms with van der Waals surface area (Å²) < 4.78 is 6.97. The van der Waals surface area contributed by atoms with Crippen LogP contribution in [0.5, 0.6) is 5.75 Å². The number of aliphatic carboxylic acids is 1. The lowest BCUT2D eigenvalue weighted by molar-refractivity contribution is -0.144. The van der Waals surface area contributed by atoms with E-state index in [2.05, 4.69) is 36.8 Å². The number of nitrogens with zero attached hydrogens (tertiary/aromatic N) is 1. The molecule has 0 radical (unpaired) electrons. The molecule has 1 unspecified atom stereocenters. The SMILES string of the molecule is CC(Oc1c(Br)cc(Br)c2cccnc12)C(=O)O. The predicted octanol–water partition coefficient (Wildman–Crippen LogP) is 3.61. The number of benzene rings is 1. The van der Waals surface area contributed by atoms with Crippen molar-refractivity contribution in [2.24, 2.45) is 0 Å². The predicted molar refractivity (Wildman–Crippen MR) is 74.9 cm³/mol. The number of carbonyl (C=O) groups is 1. The average Bonchev–Trinajstić information content (AvgIpc) is 2.34. The van der Waals surface area contributed by atoms with E-state index >= 15 is 0 Å². The summed E-state index contributed by atoms with van der Waals surface area (Å²) in [6, 6.07) is 5.51. The molecule has 1 N–H and O–H groups in total. The monoisotopic (exact) mass is 373 g/mol. The van der Waals surface area contributed by atoms with Crippen molar-refractivity contribution in [3.05, 3.63) is 33.3 Å². The van der Waals surface area contributed by atoms with Gasteiger partial charge in [-0.1, -0.05) is 22.0 Å². The molecule has 2 aromatic rings. The van der Waals surface area contributed by atoms with Crippen LogP contribution in [0.1, 0.15) is 6.92 Å². The van der Waals surface area contributed by atoms with Crippen LogP contribution in [0.3, 0.4) is 0 Å². The first-order chi connectivity index (χ1) is 8.50. The van der Waals surface area contributed by atoms with Gasteiger partial charge in [-0.15, -0.1) is 0 Å². The first-order valence-corrected chi connectivity index (χ1v) is 6.71. The maximum Gasteiger partial charge on any atom is 0.344 e. The van der Waals surface area contributed by atoms with Crippen molar-refractivity contribution in [3.8, 4) is 5.75 Å². The Morgan fingerprint density at radius 2 is 2.17 bits per heavy atom. The zero-order valence-corrected chi connectivity index (χ0v) is 12.5. The van der Waals surface area contributed by atoms with E-state index in [4.69, 9.17) is 9.84 Å². The van der Waals surface area contributed by atoms with Gasteiger partial charge in [0.2, 0.25) is 0 Å². The Morgan fingerprint density at radius 1 is 1.44 bits per heavy atom. The second-order valence-electron chi connectivity index (χ2n) is 3.67. The molecule has 0 spiro atoms. The van der Waals surface area contributed by atoms with E-state index in [9.17, 15) is 4.79 Å². The van der Waals surface area contributed by atoms with E-state index in [-0.39, 0.29) is 0 Å². The fourth-order valence-corrected chi connectivity index (χ4v) is 2.85. The topological polar surface area (TPSA) is 59.4 Å². The summed E-state index contributed by atoms with van der Waals surface area (Å²) in [6.45, 7) is 1.48. The van der Waals surface area contributed by atoms with E-state index in [0.29, 0.717) is 15.7 Å². The van der Waals surface area contributed by atoms with Crippen molar-refractivity contribution in [3.63, 3.8) is 0 Å². The summed E-state index contributed by atoms with van der Waals surface area (Å²) >= 11 is 6.79. The Labute approximate surface area is 120 Å². The first-order valence-electron chi connectivity index (χ1n) is 5.13. The van der Waals surface area contributed by atoms with Crippen LogP contribution >= 0.6 is 31.9 Å². The van der Waals surface area contributed by atoms with Gasteiger partial charge in [0.05, 0.1) is 4.47 Å². The highest BCUT2D eigenvalue weighted by Gasteiger charge is 2.18. The van der Waals surface area contributed by atoms with Crippen LogP contribution in [0.2, 0.25) is 0 Å². The van der Waals surface area contributed by atoms with E-state index in [1.807, 2.05) is 18.2 Å². The molecule has 1 aromatic carbocycles. The normalized spacial score (nSPS) is 12.4. The number of rotatable bonds is 3. The number of fused-ring (bicyclic) bond motifs is 1. The summed E-state index contributed by atoms with van der Waals surface area (Å²) in [5, 5.41) is 9.76. The summed E-state index contributed by atoms with van der Waals surface area (Å²) in [5.41, 5.74) is 0.617. The van der Waals surface area contributed by atoms with Crippen LogP contribution in [0.25, 0.3) is 10.9 Å². The minimum absolute atomic E-state index is 0.434. The smallest absolute Gasteiger partial charge is 0.344 e. The fraction of sp³-hybridized carbons (Fsp3) is 0.167. The maximum atomic E-state index is 10.8. The minimum atomic E-state index is -1.02. The van der Waals surface area contributed by atoms with Gasteiger partial charge < -0.3 is 9.84 Å². The van der Waals surface area contributed by atoms with Crippen molar-refractivity contribution in [1.82, 2.24) is 4.98 Å². The molecule has 18 heavy (non-hydrogen) atoms.